The van der Waals surface area contributed by atoms with Crippen LogP contribution >= 0.6 is 0 Å². The lowest BCUT2D eigenvalue weighted by molar-refractivity contribution is -0.110. The maximum atomic E-state index is 12.1. The molecule has 1 aliphatic carbocycles. The normalized spacial score (nSPS) is 13.8. The Kier molecular flexibility index (Phi) is 2.54. The molecule has 0 spiro atoms. The highest BCUT2D eigenvalue weighted by Gasteiger charge is 2.22. The first-order chi connectivity index (χ1) is 11.7. The number of hydrogen-bond donors (Lipinski definition) is 0. The minimum absolute atomic E-state index is 0.424. The smallest absolute Gasteiger partial charge is 0.233 e. The lowest BCUT2D eigenvalue weighted by atomic mass is 9.89. The molecule has 2 heteroatoms. The zero-order valence-corrected chi connectivity index (χ0v) is 12.7. The SMILES string of the molecule is O=C1C=Cc2c(ccc3cc4ccc5ccccc5c4cc23)C1=O. The van der Waals surface area contributed by atoms with Crippen molar-refractivity contribution in [2.45, 2.75) is 0 Å². The van der Waals surface area contributed by atoms with Gasteiger partial charge in [-0.25, -0.2) is 0 Å². The molecule has 0 aromatic heterocycles. The van der Waals surface area contributed by atoms with Crippen molar-refractivity contribution in [2.24, 2.45) is 0 Å². The van der Waals surface area contributed by atoms with Crippen LogP contribution in [-0.4, -0.2) is 11.6 Å². The van der Waals surface area contributed by atoms with E-state index in [-0.39, 0.29) is 0 Å². The Hall–Kier alpha value is -3.26. The van der Waals surface area contributed by atoms with Crippen LogP contribution in [0.5, 0.6) is 0 Å². The van der Waals surface area contributed by atoms with Crippen molar-refractivity contribution in [1.29, 1.82) is 0 Å². The van der Waals surface area contributed by atoms with Crippen LogP contribution in [0.15, 0.2) is 66.7 Å². The highest BCUT2D eigenvalue weighted by atomic mass is 16.2. The van der Waals surface area contributed by atoms with Crippen molar-refractivity contribution < 1.29 is 9.59 Å². The average Bonchev–Trinajstić information content (AvgIpc) is 2.63. The van der Waals surface area contributed by atoms with Gasteiger partial charge in [0.25, 0.3) is 0 Å². The van der Waals surface area contributed by atoms with E-state index in [0.29, 0.717) is 5.56 Å². The summed E-state index contributed by atoms with van der Waals surface area (Å²) < 4.78 is 0. The van der Waals surface area contributed by atoms with Crippen molar-refractivity contribution in [2.75, 3.05) is 0 Å². The van der Waals surface area contributed by atoms with Gasteiger partial charge in [0, 0.05) is 5.56 Å². The summed E-state index contributed by atoms with van der Waals surface area (Å²) in [5.74, 6) is -0.875. The van der Waals surface area contributed by atoms with Crippen LogP contribution < -0.4 is 0 Å². The van der Waals surface area contributed by atoms with Crippen LogP contribution in [0.3, 0.4) is 0 Å². The summed E-state index contributed by atoms with van der Waals surface area (Å²) >= 11 is 0. The first-order valence-corrected chi connectivity index (χ1v) is 7.87. The minimum Gasteiger partial charge on any atom is -0.286 e. The minimum atomic E-state index is -0.451. The summed E-state index contributed by atoms with van der Waals surface area (Å²) in [5.41, 5.74) is 1.33. The molecule has 0 atom stereocenters. The molecular weight excluding hydrogens is 296 g/mol. The monoisotopic (exact) mass is 308 g/mol. The summed E-state index contributed by atoms with van der Waals surface area (Å²) in [6, 6.07) is 20.5. The Morgan fingerprint density at radius 3 is 2.25 bits per heavy atom. The van der Waals surface area contributed by atoms with Crippen molar-refractivity contribution in [3.63, 3.8) is 0 Å². The van der Waals surface area contributed by atoms with Gasteiger partial charge in [-0.15, -0.1) is 0 Å². The first kappa shape index (κ1) is 13.2. The molecule has 0 heterocycles. The Morgan fingerprint density at radius 1 is 0.583 bits per heavy atom. The number of hydrogen-bond acceptors (Lipinski definition) is 2. The summed E-state index contributed by atoms with van der Waals surface area (Å²) in [5, 5.41) is 6.79. The van der Waals surface area contributed by atoms with E-state index in [9.17, 15) is 9.59 Å². The largest absolute Gasteiger partial charge is 0.286 e. The van der Waals surface area contributed by atoms with Gasteiger partial charge in [0.1, 0.15) is 0 Å². The second-order valence-corrected chi connectivity index (χ2v) is 6.13. The standard InChI is InChI=1S/C22H12O2/c23-21-10-9-17-18(22(21)24)8-7-15-11-14-6-5-13-3-1-2-4-16(13)19(14)12-20(15)17/h1-12H. The second-order valence-electron chi connectivity index (χ2n) is 6.13. The Bertz CT molecular complexity index is 1230. The van der Waals surface area contributed by atoms with Crippen molar-refractivity contribution >= 4 is 50.0 Å². The van der Waals surface area contributed by atoms with Gasteiger partial charge in [0.2, 0.25) is 11.6 Å². The number of allylic oxidation sites excluding steroid dienone is 1. The highest BCUT2D eigenvalue weighted by molar-refractivity contribution is 6.50. The summed E-state index contributed by atoms with van der Waals surface area (Å²) in [7, 11) is 0. The second kappa shape index (κ2) is 4.62. The van der Waals surface area contributed by atoms with Gasteiger partial charge in [-0.1, -0.05) is 42.5 Å². The van der Waals surface area contributed by atoms with Gasteiger partial charge in [-0.3, -0.25) is 9.59 Å². The molecule has 0 aliphatic heterocycles. The van der Waals surface area contributed by atoms with Gasteiger partial charge in [-0.2, -0.15) is 0 Å². The Labute approximate surface area is 138 Å². The molecule has 4 aromatic carbocycles. The predicted octanol–water partition coefficient (Wildman–Crippen LogP) is 4.92. The summed E-state index contributed by atoms with van der Waals surface area (Å²) in [6.45, 7) is 0. The maximum absolute atomic E-state index is 12.1. The van der Waals surface area contributed by atoms with E-state index >= 15 is 0 Å². The molecule has 0 saturated heterocycles. The molecule has 24 heavy (non-hydrogen) atoms. The fourth-order valence-electron chi connectivity index (χ4n) is 3.60. The summed E-state index contributed by atoms with van der Waals surface area (Å²) in [4.78, 5) is 23.8. The fourth-order valence-corrected chi connectivity index (χ4v) is 3.60. The molecule has 0 unspecified atom stereocenters. The average molecular weight is 308 g/mol. The molecule has 0 N–H and O–H groups in total. The van der Waals surface area contributed by atoms with E-state index in [1.807, 2.05) is 18.2 Å². The Morgan fingerprint density at radius 2 is 1.33 bits per heavy atom. The van der Waals surface area contributed by atoms with E-state index in [1.54, 1.807) is 12.1 Å². The van der Waals surface area contributed by atoms with E-state index < -0.39 is 11.6 Å². The molecule has 0 saturated carbocycles. The van der Waals surface area contributed by atoms with Crippen LogP contribution in [0.25, 0.3) is 38.4 Å². The third-order valence-corrected chi connectivity index (χ3v) is 4.79. The van der Waals surface area contributed by atoms with E-state index in [1.165, 1.54) is 22.2 Å². The molecule has 0 amide bonds. The third kappa shape index (κ3) is 1.71. The Balaban J connectivity index is 1.96. The number of benzene rings is 4. The van der Waals surface area contributed by atoms with Gasteiger partial charge >= 0.3 is 0 Å². The molecule has 112 valence electrons. The molecule has 2 nitrogen and oxygen atoms in total. The van der Waals surface area contributed by atoms with Gasteiger partial charge < -0.3 is 0 Å². The molecular formula is C22H12O2. The van der Waals surface area contributed by atoms with Crippen LogP contribution in [-0.2, 0) is 4.79 Å². The van der Waals surface area contributed by atoms with Gasteiger partial charge in [-0.05, 0) is 68.2 Å². The van der Waals surface area contributed by atoms with Crippen LogP contribution in [0, 0.1) is 0 Å². The topological polar surface area (TPSA) is 34.1 Å². The molecule has 4 aromatic rings. The number of carbonyl (C=O) groups excluding carboxylic acids is 2. The number of ketones is 2. The van der Waals surface area contributed by atoms with Gasteiger partial charge in [0.05, 0.1) is 0 Å². The number of Topliss-reactive ketones (excluding diaryl/α,β-unsaturated/α-hetero) is 1. The summed E-state index contributed by atoms with van der Waals surface area (Å²) in [6.07, 6.45) is 3.13. The lowest BCUT2D eigenvalue weighted by Gasteiger charge is -2.13. The zero-order chi connectivity index (χ0) is 16.3. The zero-order valence-electron chi connectivity index (χ0n) is 12.7. The third-order valence-electron chi connectivity index (χ3n) is 4.79. The van der Waals surface area contributed by atoms with Crippen molar-refractivity contribution in [1.82, 2.24) is 0 Å². The molecule has 1 aliphatic rings. The van der Waals surface area contributed by atoms with E-state index in [0.717, 1.165) is 21.7 Å². The van der Waals surface area contributed by atoms with E-state index in [2.05, 4.69) is 36.4 Å². The highest BCUT2D eigenvalue weighted by Crippen LogP contribution is 2.33. The quantitative estimate of drug-likeness (QED) is 0.262. The number of carbonyl (C=O) groups is 2. The van der Waals surface area contributed by atoms with Crippen LogP contribution in [0.4, 0.5) is 0 Å². The van der Waals surface area contributed by atoms with Gasteiger partial charge in [0.15, 0.2) is 0 Å². The number of rotatable bonds is 0. The lowest BCUT2D eigenvalue weighted by Crippen LogP contribution is -2.16. The van der Waals surface area contributed by atoms with E-state index in [4.69, 9.17) is 0 Å². The molecule has 0 fully saturated rings. The fraction of sp³-hybridized carbons (Fsp3) is 0. The predicted molar refractivity (Wildman–Crippen MR) is 97.3 cm³/mol. The van der Waals surface area contributed by atoms with Crippen molar-refractivity contribution in [3.8, 4) is 0 Å². The first-order valence-electron chi connectivity index (χ1n) is 7.87. The van der Waals surface area contributed by atoms with Crippen LogP contribution in [0.1, 0.15) is 15.9 Å². The molecule has 0 bridgehead atoms. The molecule has 5 rings (SSSR count). The number of fused-ring (bicyclic) bond motifs is 6. The maximum Gasteiger partial charge on any atom is 0.233 e. The van der Waals surface area contributed by atoms with Crippen LogP contribution in [0.2, 0.25) is 0 Å². The van der Waals surface area contributed by atoms with Crippen molar-refractivity contribution in [3.05, 3.63) is 77.9 Å². The molecule has 0 radical (unpaired) electrons.